The van der Waals surface area contributed by atoms with Crippen LogP contribution in [-0.2, 0) is 67.0 Å². The van der Waals surface area contributed by atoms with Crippen molar-refractivity contribution in [2.24, 2.45) is 0 Å². The molecule has 16 heteroatoms. The SMILES string of the molecule is CC(C)(C)c1cc(CSC2CCCCCC[C@@H]2SCc2cc(C(C)(C)C)cc(-c3ccc4ccccc4c3)c2O)c(O)c(-c2ccc3ccccc3c2)c1.CC(C)(C)c1cc(CSC2CCCCCC[C@@H]2SCc2cc(C(C)(C)C)cc(-c3ccco3)c2O)c(O)c(-c2ccco2)c1.CC(C)(C)c1cc(CSC2CCCCCC[C@@H]2SCc2cc(C(C)(C)C)cc(-c3cccs3)c2O)c(O)c(-c2cccs2)c1. The molecule has 3 aliphatic rings. The van der Waals surface area contributed by atoms with Crippen LogP contribution >= 0.6 is 93.2 Å². The maximum atomic E-state index is 11.9. The molecule has 0 spiro atoms. The number of benzene rings is 10. The minimum Gasteiger partial charge on any atom is -0.507 e. The van der Waals surface area contributed by atoms with Gasteiger partial charge in [0, 0.05) is 131 Å². The molecule has 10 aromatic carbocycles. The summed E-state index contributed by atoms with van der Waals surface area (Å²) >= 11 is 15.4. The second-order valence-electron chi connectivity index (χ2n) is 45.8. The van der Waals surface area contributed by atoms with E-state index in [4.69, 9.17) is 8.83 Å². The lowest BCUT2D eigenvalue weighted by atomic mass is 9.83. The van der Waals surface area contributed by atoms with Crippen molar-refractivity contribution in [1.29, 1.82) is 0 Å². The lowest BCUT2D eigenvalue weighted by Gasteiger charge is -2.30. The summed E-state index contributed by atoms with van der Waals surface area (Å²) < 4.78 is 11.4. The number of hydrogen-bond donors (Lipinski definition) is 6. The molecule has 752 valence electrons. The number of hydrogen-bond acceptors (Lipinski definition) is 16. The number of phenolic OH excluding ortho intramolecular Hbond substituents is 6. The van der Waals surface area contributed by atoms with Gasteiger partial charge in [0.2, 0.25) is 0 Å². The van der Waals surface area contributed by atoms with Gasteiger partial charge in [-0.3, -0.25) is 0 Å². The highest BCUT2D eigenvalue weighted by Gasteiger charge is 2.34. The van der Waals surface area contributed by atoms with Crippen LogP contribution in [0.3, 0.4) is 0 Å². The first-order chi connectivity index (χ1) is 67.7. The number of phenols is 6. The summed E-state index contributed by atoms with van der Waals surface area (Å²) in [5.41, 5.74) is 20.7. The van der Waals surface area contributed by atoms with Crippen LogP contribution in [0.4, 0.5) is 0 Å². The molecule has 17 rings (SSSR count). The highest BCUT2D eigenvalue weighted by molar-refractivity contribution is 8.04. The number of thiophene rings is 2. The highest BCUT2D eigenvalue weighted by Crippen LogP contribution is 2.52. The minimum absolute atomic E-state index is 0.00328. The van der Waals surface area contributed by atoms with Crippen LogP contribution < -0.4 is 0 Å². The van der Waals surface area contributed by atoms with E-state index in [-0.39, 0.29) is 32.5 Å². The minimum atomic E-state index is -0.0504. The zero-order valence-corrected chi connectivity index (χ0v) is 93.7. The topological polar surface area (TPSA) is 148 Å². The summed E-state index contributed by atoms with van der Waals surface area (Å²) in [7, 11) is 0. The first kappa shape index (κ1) is 108. The molecule has 3 unspecified atom stereocenters. The van der Waals surface area contributed by atoms with Gasteiger partial charge in [-0.1, -0.05) is 323 Å². The van der Waals surface area contributed by atoms with Gasteiger partial charge in [-0.05, 0) is 233 Å². The van der Waals surface area contributed by atoms with Crippen molar-refractivity contribution in [1.82, 2.24) is 0 Å². The van der Waals surface area contributed by atoms with E-state index in [1.54, 1.807) is 35.2 Å². The van der Waals surface area contributed by atoms with Gasteiger partial charge in [0.15, 0.2) is 0 Å². The molecule has 3 fully saturated rings. The van der Waals surface area contributed by atoms with Crippen molar-refractivity contribution < 1.29 is 39.5 Å². The quantitative estimate of drug-likeness (QED) is 0.0341. The summed E-state index contributed by atoms with van der Waals surface area (Å²) in [6, 6.07) is 72.2. The predicted molar refractivity (Wildman–Crippen MR) is 622 cm³/mol. The van der Waals surface area contributed by atoms with Crippen LogP contribution in [0, 0.1) is 0 Å². The van der Waals surface area contributed by atoms with Gasteiger partial charge in [-0.2, -0.15) is 70.6 Å². The fraction of sp³-hybridized carbons (Fsp3) is 0.429. The molecule has 3 saturated carbocycles. The molecular weight excluding hydrogens is 1900 g/mol. The van der Waals surface area contributed by atoms with E-state index >= 15 is 0 Å². The molecule has 4 aromatic heterocycles. The molecule has 0 bridgehead atoms. The predicted octanol–water partition coefficient (Wildman–Crippen LogP) is 38.5. The largest absolute Gasteiger partial charge is 0.507 e. The lowest BCUT2D eigenvalue weighted by Crippen LogP contribution is -2.22. The second-order valence-corrected chi connectivity index (χ2v) is 55.1. The van der Waals surface area contributed by atoms with Crippen molar-refractivity contribution >= 4 is 115 Å². The van der Waals surface area contributed by atoms with Gasteiger partial charge >= 0.3 is 0 Å². The zero-order chi connectivity index (χ0) is 101. The normalized spacial score (nSPS) is 17.8. The lowest BCUT2D eigenvalue weighted by molar-refractivity contribution is 0.466. The third-order valence-corrected chi connectivity index (χ3v) is 39.9. The molecule has 0 amide bonds. The fourth-order valence-electron chi connectivity index (χ4n) is 19.6. The van der Waals surface area contributed by atoms with E-state index in [2.05, 4.69) is 317 Å². The van der Waals surface area contributed by atoms with E-state index in [1.165, 1.54) is 171 Å². The summed E-state index contributed by atoms with van der Waals surface area (Å²) in [5.74, 6) is 8.40. The molecule has 4 heterocycles. The van der Waals surface area contributed by atoms with E-state index in [9.17, 15) is 30.6 Å². The zero-order valence-electron chi connectivity index (χ0n) is 87.1. The summed E-state index contributed by atoms with van der Waals surface area (Å²) in [6.45, 7) is 40.4. The maximum Gasteiger partial charge on any atom is 0.137 e. The van der Waals surface area contributed by atoms with Crippen molar-refractivity contribution in [2.45, 2.75) is 339 Å². The van der Waals surface area contributed by atoms with Gasteiger partial charge in [0.05, 0.1) is 23.7 Å². The first-order valence-corrected chi connectivity index (χ1v) is 59.8. The molecule has 142 heavy (non-hydrogen) atoms. The molecule has 14 aromatic rings. The monoisotopic (exact) mass is 2050 g/mol. The number of rotatable bonds is 24. The van der Waals surface area contributed by atoms with E-state index in [0.717, 1.165) is 122 Å². The number of thioether (sulfide) groups is 6. The summed E-state index contributed by atoms with van der Waals surface area (Å²) in [6.07, 6.45) is 25.6. The number of aromatic hydroxyl groups is 6. The van der Waals surface area contributed by atoms with E-state index in [1.807, 2.05) is 94.8 Å². The molecule has 0 saturated heterocycles. The Hall–Kier alpha value is -8.42. The van der Waals surface area contributed by atoms with Crippen molar-refractivity contribution in [2.75, 3.05) is 0 Å². The molecule has 6 N–H and O–H groups in total. The van der Waals surface area contributed by atoms with Crippen LogP contribution in [0.15, 0.2) is 238 Å². The number of furan rings is 2. The Labute approximate surface area is 881 Å². The molecule has 8 nitrogen and oxygen atoms in total. The van der Waals surface area contributed by atoms with Gasteiger partial charge in [0.1, 0.15) is 46.0 Å². The average molecular weight is 2050 g/mol. The highest BCUT2D eigenvalue weighted by atomic mass is 32.2. The van der Waals surface area contributed by atoms with Crippen molar-refractivity contribution in [3.05, 3.63) is 296 Å². The summed E-state index contributed by atoms with van der Waals surface area (Å²) in [5, 5.41) is 81.4. The molecule has 6 atom stereocenters. The summed E-state index contributed by atoms with van der Waals surface area (Å²) in [4.78, 5) is 2.25. The smallest absolute Gasteiger partial charge is 0.137 e. The third-order valence-electron chi connectivity index (χ3n) is 28.7. The standard InChI is InChI=1S/C50H56O2S2.C38H48O4S2.C38H48O2S4/c1-49(2,3)41-27-39(47(51)43(29-41)37-23-21-33-15-11-13-17-35(33)25-37)31-53-45-19-9-7-8-10-20-46(45)54-32-40-28-42(50(4,5)6)30-44(48(40)52)38-24-22-34-16-12-14-18-36(34)26-38;1-37(2,3)27-19-25(35(39)29(21-27)31-13-11-17-41-31)23-43-33-15-9-7-8-10-16-34(33)44-24-26-20-28(38(4,5)6)22-30(36(26)40)32-14-12-18-42-32;1-37(2,3)27-19-25(35(39)29(21-27)31-15-11-17-41-31)23-43-33-13-9-7-8-10-14-34(33)44-24-26-20-28(38(4,5)6)22-30(36(26)40)32-16-12-18-42-32/h11-18,21-30,45-46,51-52H,7-10,19-20,31-32H2,1-6H3;11-14,17-22,33-34,39-40H,7-10,15-16,23-24H2,1-6H3;11-12,15-22,33-34,39-40H,7-10,13-14,23-24H2,1-6H3/t45-,46?;2*33-,34?/m000/s1. The molecule has 3 aliphatic carbocycles. The van der Waals surface area contributed by atoms with Crippen LogP contribution in [0.2, 0.25) is 0 Å². The second kappa shape index (κ2) is 47.6. The Morgan fingerprint density at radius 2 is 0.472 bits per heavy atom. The Balaban J connectivity index is 0.000000162. The Morgan fingerprint density at radius 3 is 0.704 bits per heavy atom. The van der Waals surface area contributed by atoms with Crippen molar-refractivity contribution in [3.8, 4) is 100 Å². The van der Waals surface area contributed by atoms with Crippen molar-refractivity contribution in [3.63, 3.8) is 0 Å². The average Bonchev–Trinajstić information content (AvgIpc) is 1.13. The first-order valence-electron chi connectivity index (χ1n) is 51.7. The Morgan fingerprint density at radius 1 is 0.239 bits per heavy atom. The van der Waals surface area contributed by atoms with Gasteiger partial charge < -0.3 is 39.5 Å². The van der Waals surface area contributed by atoms with E-state index < -0.39 is 0 Å². The van der Waals surface area contributed by atoms with Crippen LogP contribution in [-0.4, -0.2) is 62.1 Å². The van der Waals surface area contributed by atoms with Crippen LogP contribution in [0.1, 0.15) is 307 Å². The maximum absolute atomic E-state index is 11.9. The molecule has 0 radical (unpaired) electrons. The molecular formula is C126H152O8S8. The van der Waals surface area contributed by atoms with E-state index in [0.29, 0.717) is 77.5 Å². The molecule has 0 aliphatic heterocycles. The van der Waals surface area contributed by atoms with Gasteiger partial charge in [-0.25, -0.2) is 0 Å². The fourth-order valence-corrected chi connectivity index (χ4v) is 30.3. The van der Waals surface area contributed by atoms with Gasteiger partial charge in [-0.15, -0.1) is 22.7 Å². The van der Waals surface area contributed by atoms with Crippen LogP contribution in [0.5, 0.6) is 34.5 Å². The Kier molecular flexibility index (Phi) is 36.1. The number of fused-ring (bicyclic) bond motifs is 2. The van der Waals surface area contributed by atoms with Gasteiger partial charge in [0.25, 0.3) is 0 Å². The third kappa shape index (κ3) is 27.7. The Bertz CT molecular complexity index is 5880. The van der Waals surface area contributed by atoms with Crippen LogP contribution in [0.25, 0.3) is 87.3 Å².